The van der Waals surface area contributed by atoms with Gasteiger partial charge in [-0.15, -0.1) is 0 Å². The van der Waals surface area contributed by atoms with Crippen LogP contribution in [0.3, 0.4) is 0 Å². The molecule has 2 aromatic heterocycles. The molecule has 3 aromatic rings. The van der Waals surface area contributed by atoms with Crippen molar-refractivity contribution in [1.29, 1.82) is 5.26 Å². The molecule has 0 saturated carbocycles. The van der Waals surface area contributed by atoms with Gasteiger partial charge in [0.15, 0.2) is 5.88 Å². The number of carboxylic acids is 2. The van der Waals surface area contributed by atoms with Crippen LogP contribution in [-0.4, -0.2) is 74.2 Å². The smallest absolute Gasteiger partial charge is 0.328 e. The average Bonchev–Trinajstić information content (AvgIpc) is 3.49. The minimum absolute atomic E-state index is 0.0135. The van der Waals surface area contributed by atoms with Gasteiger partial charge in [-0.2, -0.15) is 5.26 Å². The quantitative estimate of drug-likeness (QED) is 0.310. The summed E-state index contributed by atoms with van der Waals surface area (Å²) in [6, 6.07) is 10.6. The Morgan fingerprint density at radius 2 is 1.81 bits per heavy atom. The zero-order valence-electron chi connectivity index (χ0n) is 19.3. The third kappa shape index (κ3) is 6.91. The average molecular weight is 492 g/mol. The van der Waals surface area contributed by atoms with Crippen molar-refractivity contribution in [3.63, 3.8) is 0 Å². The van der Waals surface area contributed by atoms with E-state index >= 15 is 0 Å². The van der Waals surface area contributed by atoms with Crippen molar-refractivity contribution in [3.05, 3.63) is 59.8 Å². The number of nitrogens with zero attached hydrogens (tertiary/aromatic N) is 3. The maximum absolute atomic E-state index is 12.3. The Balaban J connectivity index is 0.000000392. The highest BCUT2D eigenvalue weighted by Crippen LogP contribution is 2.35. The molecule has 4 rings (SSSR count). The predicted molar refractivity (Wildman–Crippen MR) is 130 cm³/mol. The number of carbonyl (C=O) groups is 3. The number of nitriles is 1. The summed E-state index contributed by atoms with van der Waals surface area (Å²) in [5, 5.41) is 38.7. The maximum Gasteiger partial charge on any atom is 0.328 e. The Morgan fingerprint density at radius 3 is 2.39 bits per heavy atom. The molecule has 11 heteroatoms. The van der Waals surface area contributed by atoms with E-state index in [0.717, 1.165) is 25.2 Å². The van der Waals surface area contributed by atoms with E-state index < -0.39 is 11.9 Å². The molecular formula is C25H25N5O6. The number of aromatic amines is 1. The first-order valence-electron chi connectivity index (χ1n) is 11.1. The number of hydrogen-bond acceptors (Lipinski definition) is 7. The third-order valence-corrected chi connectivity index (χ3v) is 5.47. The van der Waals surface area contributed by atoms with Crippen LogP contribution in [0.25, 0.3) is 22.2 Å². The summed E-state index contributed by atoms with van der Waals surface area (Å²) in [5.41, 5.74) is 2.75. The van der Waals surface area contributed by atoms with E-state index in [1.54, 1.807) is 30.3 Å². The van der Waals surface area contributed by atoms with Gasteiger partial charge in [-0.1, -0.05) is 0 Å². The molecule has 36 heavy (non-hydrogen) atoms. The Hall–Kier alpha value is -4.69. The molecule has 0 aliphatic carbocycles. The Bertz CT molecular complexity index is 1300. The van der Waals surface area contributed by atoms with Crippen molar-refractivity contribution in [2.24, 2.45) is 0 Å². The maximum atomic E-state index is 12.3. The number of carboxylic acid groups (broad SMARTS) is 2. The van der Waals surface area contributed by atoms with Crippen molar-refractivity contribution in [3.8, 4) is 23.2 Å². The zero-order chi connectivity index (χ0) is 26.1. The molecule has 186 valence electrons. The molecule has 1 saturated heterocycles. The van der Waals surface area contributed by atoms with E-state index in [9.17, 15) is 19.5 Å². The third-order valence-electron chi connectivity index (χ3n) is 5.47. The SMILES string of the molecule is N#Cc1ccc2[nH]c(O)c(-c3ccc(C(=O)NCCN4CCCC4)cn3)c2c1.O=C(O)/C=C/C(=O)O. The molecule has 1 amide bonds. The normalized spacial score (nSPS) is 13.2. The van der Waals surface area contributed by atoms with E-state index in [-0.39, 0.29) is 11.8 Å². The summed E-state index contributed by atoms with van der Waals surface area (Å²) in [6.07, 6.45) is 5.09. The van der Waals surface area contributed by atoms with Gasteiger partial charge in [0.05, 0.1) is 28.5 Å². The molecule has 11 nitrogen and oxygen atoms in total. The van der Waals surface area contributed by atoms with Gasteiger partial charge in [0, 0.05) is 42.3 Å². The fraction of sp³-hybridized carbons (Fsp3) is 0.240. The fourth-order valence-corrected chi connectivity index (χ4v) is 3.76. The van der Waals surface area contributed by atoms with Crippen molar-refractivity contribution in [1.82, 2.24) is 20.2 Å². The molecule has 0 spiro atoms. The molecular weight excluding hydrogens is 466 g/mol. The zero-order valence-corrected chi connectivity index (χ0v) is 19.3. The summed E-state index contributed by atoms with van der Waals surface area (Å²) in [7, 11) is 0. The second-order valence-electron chi connectivity index (χ2n) is 7.97. The van der Waals surface area contributed by atoms with Gasteiger partial charge in [-0.3, -0.25) is 9.78 Å². The van der Waals surface area contributed by atoms with E-state index in [2.05, 4.69) is 26.3 Å². The summed E-state index contributed by atoms with van der Waals surface area (Å²) in [4.78, 5) is 41.0. The number of fused-ring (bicyclic) bond motifs is 1. The Labute approximate surface area is 206 Å². The molecule has 1 aromatic carbocycles. The summed E-state index contributed by atoms with van der Waals surface area (Å²) >= 11 is 0. The molecule has 0 bridgehead atoms. The number of H-pyrrole nitrogens is 1. The number of nitrogens with one attached hydrogen (secondary N) is 2. The van der Waals surface area contributed by atoms with E-state index in [1.807, 2.05) is 0 Å². The molecule has 1 aliphatic heterocycles. The van der Waals surface area contributed by atoms with Crippen LogP contribution in [0.15, 0.2) is 48.7 Å². The topological polar surface area (TPSA) is 180 Å². The predicted octanol–water partition coefficient (Wildman–Crippen LogP) is 2.34. The van der Waals surface area contributed by atoms with Gasteiger partial charge >= 0.3 is 11.9 Å². The van der Waals surface area contributed by atoms with Crippen LogP contribution < -0.4 is 5.32 Å². The molecule has 3 heterocycles. The van der Waals surface area contributed by atoms with Crippen molar-refractivity contribution in [2.45, 2.75) is 12.8 Å². The lowest BCUT2D eigenvalue weighted by Crippen LogP contribution is -2.33. The van der Waals surface area contributed by atoms with Gasteiger partial charge in [0.1, 0.15) is 0 Å². The minimum Gasteiger partial charge on any atom is -0.494 e. The second-order valence-corrected chi connectivity index (χ2v) is 7.97. The lowest BCUT2D eigenvalue weighted by Gasteiger charge is -2.14. The van der Waals surface area contributed by atoms with Crippen LogP contribution in [0.2, 0.25) is 0 Å². The number of rotatable bonds is 7. The van der Waals surface area contributed by atoms with Crippen LogP contribution in [-0.2, 0) is 9.59 Å². The number of carbonyl (C=O) groups excluding carboxylic acids is 1. The first kappa shape index (κ1) is 25.9. The first-order chi connectivity index (χ1) is 17.3. The van der Waals surface area contributed by atoms with Crippen molar-refractivity contribution in [2.75, 3.05) is 26.2 Å². The standard InChI is InChI=1S/C21H21N5O2.C4H4O4/c22-12-14-3-5-17-16(11-14)19(21(28)25-17)18-6-4-15(13-24-18)20(27)23-7-10-26-8-1-2-9-26;5-3(6)1-2-4(7)8/h3-6,11,13,25,28H,1-2,7-10H2,(H,23,27);1-2H,(H,5,6)(H,7,8)/b;2-1+. The highest BCUT2D eigenvalue weighted by atomic mass is 16.4. The van der Waals surface area contributed by atoms with E-state index in [0.29, 0.717) is 46.5 Å². The van der Waals surface area contributed by atoms with Crippen LogP contribution in [0.1, 0.15) is 28.8 Å². The molecule has 0 radical (unpaired) electrons. The van der Waals surface area contributed by atoms with Gasteiger partial charge in [-0.25, -0.2) is 9.59 Å². The second kappa shape index (κ2) is 12.1. The Kier molecular flexibility index (Phi) is 8.74. The van der Waals surface area contributed by atoms with Crippen LogP contribution >= 0.6 is 0 Å². The summed E-state index contributed by atoms with van der Waals surface area (Å²) < 4.78 is 0. The van der Waals surface area contributed by atoms with Gasteiger partial charge in [-0.05, 0) is 56.3 Å². The number of aromatic hydroxyl groups is 1. The number of aromatic nitrogens is 2. The van der Waals surface area contributed by atoms with Gasteiger partial charge in [0.25, 0.3) is 5.91 Å². The number of aliphatic carboxylic acids is 2. The van der Waals surface area contributed by atoms with E-state index in [4.69, 9.17) is 15.5 Å². The van der Waals surface area contributed by atoms with Crippen LogP contribution in [0, 0.1) is 11.3 Å². The lowest BCUT2D eigenvalue weighted by molar-refractivity contribution is -0.134. The summed E-state index contributed by atoms with van der Waals surface area (Å²) in [5.74, 6) is -2.69. The molecule has 1 aliphatic rings. The minimum atomic E-state index is -1.26. The van der Waals surface area contributed by atoms with Crippen LogP contribution in [0.5, 0.6) is 5.88 Å². The van der Waals surface area contributed by atoms with Crippen molar-refractivity contribution < 1.29 is 29.7 Å². The van der Waals surface area contributed by atoms with E-state index in [1.165, 1.54) is 19.0 Å². The fourth-order valence-electron chi connectivity index (χ4n) is 3.76. The number of hydrogen-bond donors (Lipinski definition) is 5. The van der Waals surface area contributed by atoms with Gasteiger partial charge in [0.2, 0.25) is 0 Å². The lowest BCUT2D eigenvalue weighted by atomic mass is 10.1. The first-order valence-corrected chi connectivity index (χ1v) is 11.1. The Morgan fingerprint density at radius 1 is 1.11 bits per heavy atom. The van der Waals surface area contributed by atoms with Gasteiger partial charge < -0.3 is 30.5 Å². The largest absolute Gasteiger partial charge is 0.494 e. The molecule has 5 N–H and O–H groups in total. The highest BCUT2D eigenvalue weighted by molar-refractivity contribution is 5.99. The molecule has 0 atom stereocenters. The molecule has 1 fully saturated rings. The van der Waals surface area contributed by atoms with Crippen molar-refractivity contribution >= 4 is 28.7 Å². The number of benzene rings is 1. The van der Waals surface area contributed by atoms with Crippen LogP contribution in [0.4, 0.5) is 0 Å². The monoisotopic (exact) mass is 491 g/mol. The highest BCUT2D eigenvalue weighted by Gasteiger charge is 2.16. The number of likely N-dealkylation sites (tertiary alicyclic amines) is 1. The number of pyridine rings is 1. The molecule has 0 unspecified atom stereocenters. The summed E-state index contributed by atoms with van der Waals surface area (Å²) in [6.45, 7) is 3.68. The number of amides is 1.